The Balaban J connectivity index is 2.27. The fourth-order valence-electron chi connectivity index (χ4n) is 3.46. The first-order valence-electron chi connectivity index (χ1n) is 10.9. The van der Waals surface area contributed by atoms with Gasteiger partial charge in [-0.2, -0.15) is 0 Å². The van der Waals surface area contributed by atoms with Gasteiger partial charge in [0.25, 0.3) is 0 Å². The third-order valence-corrected chi connectivity index (χ3v) is 5.31. The molecular weight excluding hydrogens is 422 g/mol. The zero-order chi connectivity index (χ0) is 24.0. The van der Waals surface area contributed by atoms with Crippen molar-refractivity contribution in [2.45, 2.75) is 26.7 Å². The molecule has 0 radical (unpaired) electrons. The molecule has 3 aromatic carbocycles. The lowest BCUT2D eigenvalue weighted by atomic mass is 10.0. The topological polar surface area (TPSA) is 74.3 Å². The molecule has 0 amide bonds. The fourth-order valence-corrected chi connectivity index (χ4v) is 3.46. The van der Waals surface area contributed by atoms with E-state index in [-0.39, 0.29) is 35.4 Å². The highest BCUT2D eigenvalue weighted by molar-refractivity contribution is 6.04. The number of rotatable bonds is 9. The van der Waals surface area contributed by atoms with E-state index in [9.17, 15) is 9.59 Å². The van der Waals surface area contributed by atoms with Crippen molar-refractivity contribution in [3.8, 4) is 23.0 Å². The molecule has 33 heavy (non-hydrogen) atoms. The largest absolute Gasteiger partial charge is 0.490 e. The first-order valence-corrected chi connectivity index (χ1v) is 10.9. The maximum absolute atomic E-state index is 12.9. The minimum atomic E-state index is -0.539. The number of carbonyl (C=O) groups excluding carboxylic acids is 2. The summed E-state index contributed by atoms with van der Waals surface area (Å²) in [6.07, 6.45) is 0.902. The first kappa shape index (κ1) is 23.9. The van der Waals surface area contributed by atoms with Crippen molar-refractivity contribution < 1.29 is 28.5 Å². The summed E-state index contributed by atoms with van der Waals surface area (Å²) in [4.78, 5) is 27.4. The zero-order valence-corrected chi connectivity index (χ0v) is 19.6. The van der Waals surface area contributed by atoms with E-state index in [0.29, 0.717) is 22.8 Å². The lowest BCUT2D eigenvalue weighted by Crippen LogP contribution is -2.16. The van der Waals surface area contributed by atoms with Crippen LogP contribution in [0.3, 0.4) is 0 Å². The van der Waals surface area contributed by atoms with Crippen LogP contribution in [-0.4, -0.2) is 39.8 Å². The van der Waals surface area contributed by atoms with Crippen LogP contribution in [0.4, 0.5) is 5.69 Å². The van der Waals surface area contributed by atoms with E-state index in [0.717, 1.165) is 12.2 Å². The summed E-state index contributed by atoms with van der Waals surface area (Å²) in [5.41, 5.74) is 1.30. The van der Waals surface area contributed by atoms with E-state index >= 15 is 0 Å². The smallest absolute Gasteiger partial charge is 0.343 e. The van der Waals surface area contributed by atoms with Gasteiger partial charge in [0.15, 0.2) is 11.5 Å². The number of hydrogen-bond donors (Lipinski definition) is 0. The van der Waals surface area contributed by atoms with Crippen LogP contribution in [0.5, 0.6) is 23.0 Å². The van der Waals surface area contributed by atoms with Gasteiger partial charge in [-0.05, 0) is 43.7 Å². The van der Waals surface area contributed by atoms with Crippen LogP contribution in [0.25, 0.3) is 10.8 Å². The van der Waals surface area contributed by atoms with E-state index in [1.165, 1.54) is 14.2 Å². The molecular formula is C26H29NO6. The van der Waals surface area contributed by atoms with Gasteiger partial charge in [-0.3, -0.25) is 4.79 Å². The van der Waals surface area contributed by atoms with Crippen molar-refractivity contribution in [3.63, 3.8) is 0 Å². The predicted octanol–water partition coefficient (Wildman–Crippen LogP) is 5.24. The number of nitrogens with zero attached hydrogens (tertiary/aromatic N) is 1. The molecule has 0 aliphatic heterocycles. The Kier molecular flexibility index (Phi) is 7.77. The molecule has 174 valence electrons. The second-order valence-corrected chi connectivity index (χ2v) is 7.45. The lowest BCUT2D eigenvalue weighted by molar-refractivity contribution is -0.134. The number of hydrogen-bond acceptors (Lipinski definition) is 7. The van der Waals surface area contributed by atoms with Crippen molar-refractivity contribution in [3.05, 3.63) is 54.1 Å². The molecule has 7 heteroatoms. The molecule has 3 aromatic rings. The van der Waals surface area contributed by atoms with E-state index < -0.39 is 5.97 Å². The van der Waals surface area contributed by atoms with Crippen molar-refractivity contribution in [1.82, 2.24) is 0 Å². The number of fused-ring (bicyclic) bond motifs is 1. The average Bonchev–Trinajstić information content (AvgIpc) is 2.84. The maximum atomic E-state index is 12.9. The third-order valence-electron chi connectivity index (χ3n) is 5.31. The Hall–Kier alpha value is -3.74. The highest BCUT2D eigenvalue weighted by Crippen LogP contribution is 2.52. The Morgan fingerprint density at radius 3 is 2.03 bits per heavy atom. The van der Waals surface area contributed by atoms with Gasteiger partial charge in [-0.15, -0.1) is 0 Å². The zero-order valence-electron chi connectivity index (χ0n) is 19.6. The monoisotopic (exact) mass is 451 g/mol. The number of esters is 2. The Morgan fingerprint density at radius 2 is 1.45 bits per heavy atom. The van der Waals surface area contributed by atoms with Crippen molar-refractivity contribution in [1.29, 1.82) is 0 Å². The molecule has 0 aromatic heterocycles. The molecule has 3 rings (SSSR count). The van der Waals surface area contributed by atoms with Crippen LogP contribution in [-0.2, 0) is 4.79 Å². The van der Waals surface area contributed by atoms with E-state index in [2.05, 4.69) is 0 Å². The lowest BCUT2D eigenvalue weighted by Gasteiger charge is -2.22. The molecule has 0 saturated carbocycles. The second-order valence-electron chi connectivity index (χ2n) is 7.45. The summed E-state index contributed by atoms with van der Waals surface area (Å²) in [6.45, 7) is 4.71. The fraction of sp³-hybridized carbons (Fsp3) is 0.308. The number of methoxy groups -OCH3 is 2. The Labute approximate surface area is 193 Å². The van der Waals surface area contributed by atoms with E-state index in [1.807, 2.05) is 50.1 Å². The Morgan fingerprint density at radius 1 is 0.818 bits per heavy atom. The minimum Gasteiger partial charge on any atom is -0.490 e. The van der Waals surface area contributed by atoms with Crippen molar-refractivity contribution in [2.24, 2.45) is 0 Å². The molecule has 0 aliphatic carbocycles. The second kappa shape index (κ2) is 10.7. The van der Waals surface area contributed by atoms with Crippen LogP contribution < -0.4 is 23.8 Å². The van der Waals surface area contributed by atoms with Gasteiger partial charge in [0, 0.05) is 36.5 Å². The normalized spacial score (nSPS) is 10.6. The molecule has 0 atom stereocenters. The summed E-state index contributed by atoms with van der Waals surface area (Å²) in [5.74, 6) is -0.148. The number of anilines is 1. The molecule has 0 unspecified atom stereocenters. The van der Waals surface area contributed by atoms with Crippen molar-refractivity contribution >= 4 is 28.4 Å². The summed E-state index contributed by atoms with van der Waals surface area (Å²) in [7, 11) is 4.85. The summed E-state index contributed by atoms with van der Waals surface area (Å²) in [6, 6.07) is 14.3. The molecule has 7 nitrogen and oxygen atoms in total. The summed E-state index contributed by atoms with van der Waals surface area (Å²) < 4.78 is 22.7. The van der Waals surface area contributed by atoms with Gasteiger partial charge < -0.3 is 23.8 Å². The summed E-state index contributed by atoms with van der Waals surface area (Å²) in [5, 5.41) is 1.13. The molecule has 0 aliphatic rings. The Bertz CT molecular complexity index is 1140. The van der Waals surface area contributed by atoms with Gasteiger partial charge in [-0.1, -0.05) is 25.1 Å². The molecule has 0 heterocycles. The van der Waals surface area contributed by atoms with Crippen LogP contribution in [0.15, 0.2) is 48.5 Å². The quantitative estimate of drug-likeness (QED) is 0.325. The number of benzene rings is 3. The maximum Gasteiger partial charge on any atom is 0.343 e. The van der Waals surface area contributed by atoms with E-state index in [4.69, 9.17) is 18.9 Å². The molecule has 0 fully saturated rings. The minimum absolute atomic E-state index is 0.171. The summed E-state index contributed by atoms with van der Waals surface area (Å²) >= 11 is 0. The van der Waals surface area contributed by atoms with Crippen molar-refractivity contribution in [2.75, 3.05) is 32.7 Å². The third kappa shape index (κ3) is 5.03. The SMILES string of the molecule is CCCC(=O)Oc1c(OC)c(OC)c(OC(=O)c2ccccc2)c2ccc(N(C)CC)cc12. The van der Waals surface area contributed by atoms with Crippen LogP contribution in [0.1, 0.15) is 37.0 Å². The highest BCUT2D eigenvalue weighted by atomic mass is 16.6. The van der Waals surface area contributed by atoms with E-state index in [1.54, 1.807) is 24.3 Å². The van der Waals surface area contributed by atoms with Crippen LogP contribution in [0, 0.1) is 0 Å². The highest BCUT2D eigenvalue weighted by Gasteiger charge is 2.27. The molecule has 0 spiro atoms. The van der Waals surface area contributed by atoms with Crippen LogP contribution in [0.2, 0.25) is 0 Å². The molecule has 0 saturated heterocycles. The standard InChI is InChI=1S/C26H29NO6/c1-6-11-21(28)32-23-20-16-18(27(3)7-2)14-15-19(20)22(24(30-4)25(23)31-5)33-26(29)17-12-9-8-10-13-17/h8-10,12-16H,6-7,11H2,1-5H3. The van der Waals surface area contributed by atoms with Gasteiger partial charge in [-0.25, -0.2) is 4.79 Å². The first-order chi connectivity index (χ1) is 15.9. The average molecular weight is 452 g/mol. The van der Waals surface area contributed by atoms with Gasteiger partial charge >= 0.3 is 11.9 Å². The van der Waals surface area contributed by atoms with Crippen LogP contribution >= 0.6 is 0 Å². The molecule has 0 bridgehead atoms. The molecule has 0 N–H and O–H groups in total. The number of ether oxygens (including phenoxy) is 4. The van der Waals surface area contributed by atoms with Gasteiger partial charge in [0.05, 0.1) is 19.8 Å². The number of carbonyl (C=O) groups is 2. The predicted molar refractivity (Wildman–Crippen MR) is 128 cm³/mol. The van der Waals surface area contributed by atoms with Gasteiger partial charge in [0.1, 0.15) is 0 Å². The van der Waals surface area contributed by atoms with Gasteiger partial charge in [0.2, 0.25) is 11.5 Å².